The first-order valence-corrected chi connectivity index (χ1v) is 6.32. The molecule has 1 unspecified atom stereocenters. The third kappa shape index (κ3) is 2.16. The maximum absolute atomic E-state index is 6.25. The SMILES string of the molecule is CC(N)(c1nc(Cc2ccccc2)no1)C1CC1. The van der Waals surface area contributed by atoms with E-state index in [1.165, 1.54) is 5.56 Å². The highest BCUT2D eigenvalue weighted by molar-refractivity contribution is 5.19. The summed E-state index contributed by atoms with van der Waals surface area (Å²) in [5.74, 6) is 1.76. The van der Waals surface area contributed by atoms with E-state index in [1.54, 1.807) is 0 Å². The van der Waals surface area contributed by atoms with Crippen molar-refractivity contribution in [3.05, 3.63) is 47.6 Å². The Morgan fingerprint density at radius 2 is 2.06 bits per heavy atom. The highest BCUT2D eigenvalue weighted by atomic mass is 16.5. The summed E-state index contributed by atoms with van der Waals surface area (Å²) < 4.78 is 5.32. The van der Waals surface area contributed by atoms with Crippen LogP contribution in [0.2, 0.25) is 0 Å². The van der Waals surface area contributed by atoms with Crippen LogP contribution >= 0.6 is 0 Å². The Hall–Kier alpha value is -1.68. The Bertz CT molecular complexity index is 529. The lowest BCUT2D eigenvalue weighted by molar-refractivity contribution is 0.272. The molecular formula is C14H17N3O. The minimum atomic E-state index is -0.470. The van der Waals surface area contributed by atoms with Crippen molar-refractivity contribution in [1.29, 1.82) is 0 Å². The van der Waals surface area contributed by atoms with Gasteiger partial charge < -0.3 is 10.3 Å². The third-order valence-electron chi connectivity index (χ3n) is 3.56. The minimum absolute atomic E-state index is 0.470. The van der Waals surface area contributed by atoms with Gasteiger partial charge in [-0.1, -0.05) is 35.5 Å². The maximum Gasteiger partial charge on any atom is 0.246 e. The molecule has 1 atom stereocenters. The summed E-state index contributed by atoms with van der Waals surface area (Å²) in [6, 6.07) is 10.1. The van der Waals surface area contributed by atoms with E-state index in [0.29, 0.717) is 24.1 Å². The summed E-state index contributed by atoms with van der Waals surface area (Å²) in [7, 11) is 0. The summed E-state index contributed by atoms with van der Waals surface area (Å²) in [5.41, 5.74) is 6.96. The lowest BCUT2D eigenvalue weighted by atomic mass is 9.97. The van der Waals surface area contributed by atoms with Crippen molar-refractivity contribution in [2.24, 2.45) is 11.7 Å². The molecule has 1 fully saturated rings. The zero-order chi connectivity index (χ0) is 12.6. The number of benzene rings is 1. The summed E-state index contributed by atoms with van der Waals surface area (Å²) in [6.45, 7) is 1.98. The molecule has 1 saturated carbocycles. The van der Waals surface area contributed by atoms with E-state index in [-0.39, 0.29) is 0 Å². The smallest absolute Gasteiger partial charge is 0.246 e. The Labute approximate surface area is 106 Å². The van der Waals surface area contributed by atoms with Crippen LogP contribution in [0.3, 0.4) is 0 Å². The first-order valence-electron chi connectivity index (χ1n) is 6.32. The van der Waals surface area contributed by atoms with Crippen molar-refractivity contribution in [3.63, 3.8) is 0 Å². The van der Waals surface area contributed by atoms with Gasteiger partial charge in [-0.3, -0.25) is 0 Å². The largest absolute Gasteiger partial charge is 0.337 e. The van der Waals surface area contributed by atoms with Crippen LogP contribution in [0.25, 0.3) is 0 Å². The molecule has 1 aliphatic carbocycles. The van der Waals surface area contributed by atoms with Gasteiger partial charge in [-0.15, -0.1) is 0 Å². The quantitative estimate of drug-likeness (QED) is 0.894. The van der Waals surface area contributed by atoms with Gasteiger partial charge >= 0.3 is 0 Å². The van der Waals surface area contributed by atoms with Gasteiger partial charge in [0.25, 0.3) is 0 Å². The fraction of sp³-hybridized carbons (Fsp3) is 0.429. The molecule has 18 heavy (non-hydrogen) atoms. The van der Waals surface area contributed by atoms with Gasteiger partial charge in [0, 0.05) is 6.42 Å². The zero-order valence-corrected chi connectivity index (χ0v) is 10.5. The Balaban J connectivity index is 1.77. The van der Waals surface area contributed by atoms with Gasteiger partial charge in [0.2, 0.25) is 5.89 Å². The highest BCUT2D eigenvalue weighted by Gasteiger charge is 2.43. The van der Waals surface area contributed by atoms with Crippen molar-refractivity contribution in [1.82, 2.24) is 10.1 Å². The predicted octanol–water partition coefficient (Wildman–Crippen LogP) is 2.24. The fourth-order valence-corrected chi connectivity index (χ4v) is 2.18. The van der Waals surface area contributed by atoms with Gasteiger partial charge in [0.1, 0.15) is 0 Å². The van der Waals surface area contributed by atoms with Gasteiger partial charge in [0.15, 0.2) is 5.82 Å². The normalized spacial score (nSPS) is 18.6. The lowest BCUT2D eigenvalue weighted by Gasteiger charge is -2.18. The second-order valence-electron chi connectivity index (χ2n) is 5.24. The third-order valence-corrected chi connectivity index (χ3v) is 3.56. The molecule has 0 spiro atoms. The van der Waals surface area contributed by atoms with Gasteiger partial charge in [-0.25, -0.2) is 0 Å². The first kappa shape index (κ1) is 11.4. The Morgan fingerprint density at radius 1 is 1.33 bits per heavy atom. The summed E-state index contributed by atoms with van der Waals surface area (Å²) in [5, 5.41) is 4.02. The predicted molar refractivity (Wildman–Crippen MR) is 67.8 cm³/mol. The molecule has 2 aromatic rings. The van der Waals surface area contributed by atoms with Crippen molar-refractivity contribution in [2.45, 2.75) is 31.7 Å². The van der Waals surface area contributed by atoms with Crippen molar-refractivity contribution < 1.29 is 4.52 Å². The molecule has 1 aliphatic rings. The van der Waals surface area contributed by atoms with Gasteiger partial charge in [-0.2, -0.15) is 4.98 Å². The second kappa shape index (κ2) is 4.21. The molecule has 4 nitrogen and oxygen atoms in total. The van der Waals surface area contributed by atoms with E-state index in [0.717, 1.165) is 12.8 Å². The Morgan fingerprint density at radius 3 is 2.72 bits per heavy atom. The van der Waals surface area contributed by atoms with Crippen LogP contribution in [-0.2, 0) is 12.0 Å². The number of hydrogen-bond acceptors (Lipinski definition) is 4. The molecule has 4 heteroatoms. The van der Waals surface area contributed by atoms with Gasteiger partial charge in [-0.05, 0) is 31.2 Å². The van der Waals surface area contributed by atoms with Crippen LogP contribution in [0.1, 0.15) is 37.0 Å². The van der Waals surface area contributed by atoms with Crippen LogP contribution in [0, 0.1) is 5.92 Å². The molecule has 2 N–H and O–H groups in total. The number of nitrogens with zero attached hydrogens (tertiary/aromatic N) is 2. The lowest BCUT2D eigenvalue weighted by Crippen LogP contribution is -2.35. The molecule has 0 aliphatic heterocycles. The molecule has 3 rings (SSSR count). The molecule has 1 heterocycles. The average molecular weight is 243 g/mol. The summed E-state index contributed by atoms with van der Waals surface area (Å²) in [4.78, 5) is 4.44. The topological polar surface area (TPSA) is 64.9 Å². The van der Waals surface area contributed by atoms with Crippen LogP contribution in [0.5, 0.6) is 0 Å². The van der Waals surface area contributed by atoms with Crippen LogP contribution in [-0.4, -0.2) is 10.1 Å². The van der Waals surface area contributed by atoms with Crippen molar-refractivity contribution in [2.75, 3.05) is 0 Å². The first-order chi connectivity index (χ1) is 8.66. The van der Waals surface area contributed by atoms with Crippen molar-refractivity contribution >= 4 is 0 Å². The average Bonchev–Trinajstić information content (AvgIpc) is 3.12. The zero-order valence-electron chi connectivity index (χ0n) is 10.5. The van der Waals surface area contributed by atoms with E-state index in [9.17, 15) is 0 Å². The molecule has 0 amide bonds. The summed E-state index contributed by atoms with van der Waals surface area (Å²) >= 11 is 0. The van der Waals surface area contributed by atoms with E-state index >= 15 is 0 Å². The summed E-state index contributed by atoms with van der Waals surface area (Å²) in [6.07, 6.45) is 3.00. The van der Waals surface area contributed by atoms with Crippen LogP contribution in [0.15, 0.2) is 34.9 Å². The number of rotatable bonds is 4. The molecular weight excluding hydrogens is 226 g/mol. The van der Waals surface area contributed by atoms with Gasteiger partial charge in [0.05, 0.1) is 5.54 Å². The van der Waals surface area contributed by atoms with E-state index in [2.05, 4.69) is 22.3 Å². The van der Waals surface area contributed by atoms with Crippen LogP contribution in [0.4, 0.5) is 0 Å². The highest BCUT2D eigenvalue weighted by Crippen LogP contribution is 2.43. The fourth-order valence-electron chi connectivity index (χ4n) is 2.18. The molecule has 0 bridgehead atoms. The van der Waals surface area contributed by atoms with Crippen LogP contribution < -0.4 is 5.73 Å². The molecule has 1 aromatic heterocycles. The number of aromatic nitrogens is 2. The molecule has 1 aromatic carbocycles. The van der Waals surface area contributed by atoms with E-state index in [1.807, 2.05) is 25.1 Å². The molecule has 0 saturated heterocycles. The number of hydrogen-bond donors (Lipinski definition) is 1. The molecule has 0 radical (unpaired) electrons. The second-order valence-corrected chi connectivity index (χ2v) is 5.24. The van der Waals surface area contributed by atoms with Crippen molar-refractivity contribution in [3.8, 4) is 0 Å². The molecule has 94 valence electrons. The standard InChI is InChI=1S/C14H17N3O/c1-14(15,11-7-8-11)13-16-12(17-18-13)9-10-5-3-2-4-6-10/h2-6,11H,7-9,15H2,1H3. The number of nitrogens with two attached hydrogens (primary N) is 1. The monoisotopic (exact) mass is 243 g/mol. The minimum Gasteiger partial charge on any atom is -0.337 e. The Kier molecular flexibility index (Phi) is 2.67. The maximum atomic E-state index is 6.25. The van der Waals surface area contributed by atoms with E-state index < -0.39 is 5.54 Å². The van der Waals surface area contributed by atoms with E-state index in [4.69, 9.17) is 10.3 Å².